The molecule has 4 aromatic rings. The summed E-state index contributed by atoms with van der Waals surface area (Å²) in [6, 6.07) is 6.23. The number of halogens is 2. The van der Waals surface area contributed by atoms with E-state index in [2.05, 4.69) is 30.0 Å². The zero-order valence-electron chi connectivity index (χ0n) is 21.2. The Morgan fingerprint density at radius 3 is 2.18 bits per heavy atom. The van der Waals surface area contributed by atoms with E-state index in [1.165, 1.54) is 31.8 Å². The summed E-state index contributed by atoms with van der Waals surface area (Å²) in [6.45, 7) is 2.17. The Morgan fingerprint density at radius 1 is 1.00 bits per heavy atom. The lowest BCUT2D eigenvalue weighted by Gasteiger charge is -2.21. The number of hydrogen-bond acceptors (Lipinski definition) is 9. The molecule has 2 atom stereocenters. The average molecular weight is 549 g/mol. The number of benzene rings is 1. The first kappa shape index (κ1) is 26.9. The van der Waals surface area contributed by atoms with Crippen molar-refractivity contribution in [1.82, 2.24) is 34.5 Å². The van der Waals surface area contributed by atoms with Gasteiger partial charge in [0.15, 0.2) is 5.82 Å². The third-order valence-electron chi connectivity index (χ3n) is 5.96. The maximum atomic E-state index is 13.5. The molecule has 4 rings (SSSR count). The van der Waals surface area contributed by atoms with Gasteiger partial charge in [-0.15, -0.1) is 10.2 Å². The lowest BCUT2D eigenvalue weighted by molar-refractivity contribution is 0.0568. The average Bonchev–Trinajstić information content (AvgIpc) is 3.55. The first-order valence-corrected chi connectivity index (χ1v) is 12.9. The van der Waals surface area contributed by atoms with Gasteiger partial charge < -0.3 is 9.47 Å². The number of anilines is 1. The number of ether oxygens (including phenoxy) is 2. The molecule has 1 N–H and O–H groups in total. The highest BCUT2D eigenvalue weighted by molar-refractivity contribution is 7.93. The second-order valence-electron chi connectivity index (χ2n) is 8.41. The van der Waals surface area contributed by atoms with Crippen LogP contribution in [0.4, 0.5) is 14.7 Å². The van der Waals surface area contributed by atoms with Crippen LogP contribution in [0.3, 0.4) is 0 Å². The fourth-order valence-electron chi connectivity index (χ4n) is 3.68. The number of para-hydroxylation sites is 1. The van der Waals surface area contributed by atoms with Crippen LogP contribution in [0.2, 0.25) is 0 Å². The van der Waals surface area contributed by atoms with Crippen molar-refractivity contribution in [2.75, 3.05) is 18.9 Å². The van der Waals surface area contributed by atoms with Crippen LogP contribution in [0.15, 0.2) is 42.9 Å². The SMILES string of the molecule is COc1cccc(OC)c1-n1c(NS(=O)(=O)[C@@H](C)[C@H](C)c2ncc(C)cn2)nnc1-c1ccn(C(F)F)n1. The summed E-state index contributed by atoms with van der Waals surface area (Å²) in [5.41, 5.74) is 1.10. The Balaban J connectivity index is 1.82. The van der Waals surface area contributed by atoms with Gasteiger partial charge in [-0.1, -0.05) is 13.0 Å². The molecule has 0 radical (unpaired) electrons. The van der Waals surface area contributed by atoms with E-state index in [-0.39, 0.29) is 34.7 Å². The van der Waals surface area contributed by atoms with Crippen molar-refractivity contribution in [2.24, 2.45) is 0 Å². The van der Waals surface area contributed by atoms with Crippen LogP contribution in [0.25, 0.3) is 17.2 Å². The molecule has 0 unspecified atom stereocenters. The van der Waals surface area contributed by atoms with Gasteiger partial charge in [-0.2, -0.15) is 13.9 Å². The van der Waals surface area contributed by atoms with Crippen molar-refractivity contribution in [3.63, 3.8) is 0 Å². The normalized spacial score (nSPS) is 13.4. The van der Waals surface area contributed by atoms with Gasteiger partial charge >= 0.3 is 6.55 Å². The number of alkyl halides is 2. The Labute approximate surface area is 217 Å². The molecule has 3 aromatic heterocycles. The molecule has 38 heavy (non-hydrogen) atoms. The quantitative estimate of drug-likeness (QED) is 0.315. The number of nitrogens with zero attached hydrogens (tertiary/aromatic N) is 7. The Hall–Kier alpha value is -4.14. The van der Waals surface area contributed by atoms with Gasteiger partial charge in [-0.3, -0.25) is 9.29 Å². The molecular weight excluding hydrogens is 522 g/mol. The molecule has 12 nitrogen and oxygen atoms in total. The summed E-state index contributed by atoms with van der Waals surface area (Å²) in [7, 11) is -1.26. The van der Waals surface area contributed by atoms with Crippen molar-refractivity contribution >= 4 is 16.0 Å². The van der Waals surface area contributed by atoms with E-state index in [1.54, 1.807) is 37.5 Å². The Morgan fingerprint density at radius 2 is 1.63 bits per heavy atom. The zero-order chi connectivity index (χ0) is 27.6. The van der Waals surface area contributed by atoms with Crippen LogP contribution >= 0.6 is 0 Å². The summed E-state index contributed by atoms with van der Waals surface area (Å²) in [5.74, 6) is 0.110. The second-order valence-corrected chi connectivity index (χ2v) is 10.4. The van der Waals surface area contributed by atoms with E-state index in [9.17, 15) is 17.2 Å². The number of nitrogens with one attached hydrogen (secondary N) is 1. The van der Waals surface area contributed by atoms with E-state index in [4.69, 9.17) is 9.47 Å². The molecule has 1 aromatic carbocycles. The van der Waals surface area contributed by atoms with E-state index < -0.39 is 27.7 Å². The van der Waals surface area contributed by atoms with Gasteiger partial charge in [0.2, 0.25) is 16.0 Å². The zero-order valence-corrected chi connectivity index (χ0v) is 22.0. The summed E-state index contributed by atoms with van der Waals surface area (Å²) in [5, 5.41) is 11.0. The monoisotopic (exact) mass is 548 g/mol. The van der Waals surface area contributed by atoms with Gasteiger partial charge in [0.25, 0.3) is 0 Å². The number of hydrogen-bond donors (Lipinski definition) is 1. The molecule has 0 fully saturated rings. The molecular formula is C23H26F2N8O4S. The minimum atomic E-state index is -4.10. The predicted octanol–water partition coefficient (Wildman–Crippen LogP) is 3.58. The molecule has 0 aliphatic rings. The van der Waals surface area contributed by atoms with E-state index in [0.29, 0.717) is 10.5 Å². The van der Waals surface area contributed by atoms with Crippen LogP contribution in [-0.2, 0) is 10.0 Å². The van der Waals surface area contributed by atoms with Crippen LogP contribution in [0.1, 0.15) is 37.7 Å². The van der Waals surface area contributed by atoms with E-state index in [1.807, 2.05) is 6.92 Å². The van der Waals surface area contributed by atoms with Gasteiger partial charge in [0, 0.05) is 24.5 Å². The van der Waals surface area contributed by atoms with Gasteiger partial charge in [-0.25, -0.2) is 23.1 Å². The fourth-order valence-corrected chi connectivity index (χ4v) is 4.91. The van der Waals surface area contributed by atoms with Crippen molar-refractivity contribution < 1.29 is 26.7 Å². The summed E-state index contributed by atoms with van der Waals surface area (Å²) < 4.78 is 68.6. The first-order chi connectivity index (χ1) is 18.1. The highest BCUT2D eigenvalue weighted by atomic mass is 32.2. The molecule has 0 bridgehead atoms. The molecule has 15 heteroatoms. The Bertz CT molecular complexity index is 1500. The standard InChI is InChI=1S/C23H26F2N8O4S/c1-13-11-26-20(27-12-13)14(2)15(3)38(34,35)31-23-29-28-21(16-9-10-32(30-16)22(24)25)33(23)19-17(36-4)7-6-8-18(19)37-5/h6-12,14-15,22H,1-5H3,(H,29,31)/t14-,15-/m0/s1. The van der Waals surface area contributed by atoms with Crippen LogP contribution in [0.5, 0.6) is 11.5 Å². The number of methoxy groups -OCH3 is 2. The summed E-state index contributed by atoms with van der Waals surface area (Å²) in [4.78, 5) is 8.50. The minimum absolute atomic E-state index is 0.0191. The van der Waals surface area contributed by atoms with E-state index in [0.717, 1.165) is 11.8 Å². The molecule has 0 amide bonds. The van der Waals surface area contributed by atoms with Gasteiger partial charge in [0.05, 0.1) is 19.5 Å². The topological polar surface area (TPSA) is 139 Å². The molecule has 0 aliphatic carbocycles. The van der Waals surface area contributed by atoms with E-state index >= 15 is 0 Å². The lowest BCUT2D eigenvalue weighted by atomic mass is 10.1. The van der Waals surface area contributed by atoms with Crippen molar-refractivity contribution in [3.05, 3.63) is 54.2 Å². The molecule has 202 valence electrons. The maximum absolute atomic E-state index is 13.5. The lowest BCUT2D eigenvalue weighted by Crippen LogP contribution is -2.31. The van der Waals surface area contributed by atoms with Crippen molar-refractivity contribution in [1.29, 1.82) is 0 Å². The maximum Gasteiger partial charge on any atom is 0.333 e. The molecule has 0 aliphatic heterocycles. The molecule has 0 spiro atoms. The second kappa shape index (κ2) is 10.7. The summed E-state index contributed by atoms with van der Waals surface area (Å²) in [6.07, 6.45) is 4.30. The highest BCUT2D eigenvalue weighted by Crippen LogP contribution is 2.38. The number of rotatable bonds is 10. The number of sulfonamides is 1. The predicted molar refractivity (Wildman–Crippen MR) is 134 cm³/mol. The third-order valence-corrected chi connectivity index (χ3v) is 7.82. The van der Waals surface area contributed by atoms with Crippen LogP contribution in [0, 0.1) is 6.92 Å². The largest absolute Gasteiger partial charge is 0.494 e. The summed E-state index contributed by atoms with van der Waals surface area (Å²) >= 11 is 0. The van der Waals surface area contributed by atoms with Gasteiger partial charge in [-0.05, 0) is 37.6 Å². The highest BCUT2D eigenvalue weighted by Gasteiger charge is 2.32. The Kier molecular flexibility index (Phi) is 7.57. The third kappa shape index (κ3) is 5.14. The fraction of sp³-hybridized carbons (Fsp3) is 0.348. The number of aromatic nitrogens is 7. The minimum Gasteiger partial charge on any atom is -0.494 e. The van der Waals surface area contributed by atoms with Gasteiger partial charge in [0.1, 0.15) is 28.7 Å². The molecule has 0 saturated heterocycles. The number of aryl methyl sites for hydroxylation is 1. The van der Waals surface area contributed by atoms with Crippen LogP contribution < -0.4 is 14.2 Å². The molecule has 3 heterocycles. The first-order valence-electron chi connectivity index (χ1n) is 11.4. The van der Waals surface area contributed by atoms with Crippen molar-refractivity contribution in [2.45, 2.75) is 38.5 Å². The smallest absolute Gasteiger partial charge is 0.333 e. The van der Waals surface area contributed by atoms with Crippen LogP contribution in [-0.4, -0.2) is 62.4 Å². The molecule has 0 saturated carbocycles. The van der Waals surface area contributed by atoms with Crippen molar-refractivity contribution in [3.8, 4) is 28.7 Å².